The van der Waals surface area contributed by atoms with Gasteiger partial charge in [0.25, 0.3) is 5.69 Å². The Morgan fingerprint density at radius 2 is 1.90 bits per heavy atom. The van der Waals surface area contributed by atoms with Crippen LogP contribution in [-0.4, -0.2) is 9.85 Å². The Balaban J connectivity index is 2.12. The van der Waals surface area contributed by atoms with Crippen molar-refractivity contribution in [3.8, 4) is 0 Å². The van der Waals surface area contributed by atoms with Gasteiger partial charge in [0.2, 0.25) is 0 Å². The van der Waals surface area contributed by atoms with Crippen LogP contribution in [0.2, 0.25) is 0 Å². The Kier molecular flexibility index (Phi) is 3.94. The van der Waals surface area contributed by atoms with Crippen molar-refractivity contribution in [2.75, 3.05) is 5.32 Å². The van der Waals surface area contributed by atoms with E-state index in [-0.39, 0.29) is 10.7 Å². The van der Waals surface area contributed by atoms with Crippen LogP contribution in [-0.2, 0) is 6.54 Å². The summed E-state index contributed by atoms with van der Waals surface area (Å²) in [4.78, 5) is 21.3. The molecule has 1 N–H and O–H groups in total. The Labute approximate surface area is 118 Å². The second kappa shape index (κ2) is 5.66. The molecule has 0 bridgehead atoms. The molecule has 7 nitrogen and oxygen atoms in total. The molecule has 0 saturated carbocycles. The van der Waals surface area contributed by atoms with Gasteiger partial charge in [0.1, 0.15) is 0 Å². The van der Waals surface area contributed by atoms with Crippen molar-refractivity contribution in [1.82, 2.24) is 0 Å². The number of anilines is 1. The van der Waals surface area contributed by atoms with Gasteiger partial charge < -0.3 is 5.32 Å². The second-order valence-corrected chi connectivity index (χ2v) is 5.20. The molecule has 0 unspecified atom stereocenters. The molecule has 104 valence electrons. The Bertz CT molecular complexity index is 668. The molecule has 0 spiro atoms. The zero-order valence-corrected chi connectivity index (χ0v) is 11.3. The van der Waals surface area contributed by atoms with Crippen molar-refractivity contribution in [3.05, 3.63) is 61.0 Å². The minimum absolute atomic E-state index is 0.0483. The molecule has 1 aromatic carbocycles. The number of hydrogen-bond acceptors (Lipinski definition) is 6. The summed E-state index contributed by atoms with van der Waals surface area (Å²) in [7, 11) is 0. The average Bonchev–Trinajstić information content (AvgIpc) is 2.86. The summed E-state index contributed by atoms with van der Waals surface area (Å²) >= 11 is 1.08. The third-order valence-electron chi connectivity index (χ3n) is 2.78. The molecule has 1 aromatic heterocycles. The van der Waals surface area contributed by atoms with Gasteiger partial charge in [-0.05, 0) is 19.1 Å². The lowest BCUT2D eigenvalue weighted by atomic mass is 10.1. The maximum atomic E-state index is 10.8. The van der Waals surface area contributed by atoms with E-state index in [1.807, 2.05) is 0 Å². The monoisotopic (exact) mass is 293 g/mol. The molecule has 0 aliphatic carbocycles. The first-order valence-electron chi connectivity index (χ1n) is 5.70. The van der Waals surface area contributed by atoms with Crippen molar-refractivity contribution in [3.63, 3.8) is 0 Å². The van der Waals surface area contributed by atoms with Crippen LogP contribution in [0.3, 0.4) is 0 Å². The van der Waals surface area contributed by atoms with Crippen LogP contribution < -0.4 is 5.32 Å². The highest BCUT2D eigenvalue weighted by molar-refractivity contribution is 7.15. The predicted molar refractivity (Wildman–Crippen MR) is 76.1 cm³/mol. The van der Waals surface area contributed by atoms with Crippen LogP contribution in [0.1, 0.15) is 10.4 Å². The molecule has 0 amide bonds. The zero-order chi connectivity index (χ0) is 14.7. The lowest BCUT2D eigenvalue weighted by Gasteiger charge is -2.08. The highest BCUT2D eigenvalue weighted by Gasteiger charge is 2.14. The van der Waals surface area contributed by atoms with E-state index in [4.69, 9.17) is 0 Å². The third kappa shape index (κ3) is 2.91. The molecular weight excluding hydrogens is 282 g/mol. The molecule has 0 aliphatic heterocycles. The number of rotatable bonds is 5. The number of benzene rings is 1. The fourth-order valence-electron chi connectivity index (χ4n) is 1.75. The summed E-state index contributed by atoms with van der Waals surface area (Å²) in [6.07, 6.45) is 0. The number of nitrogens with zero attached hydrogens (tertiary/aromatic N) is 2. The van der Waals surface area contributed by atoms with Crippen LogP contribution in [0.25, 0.3) is 0 Å². The minimum Gasteiger partial charge on any atom is -0.380 e. The van der Waals surface area contributed by atoms with Crippen molar-refractivity contribution >= 4 is 27.7 Å². The molecule has 0 atom stereocenters. The summed E-state index contributed by atoms with van der Waals surface area (Å²) in [6.45, 7) is 2.05. The molecule has 1 heterocycles. The maximum Gasteiger partial charge on any atom is 0.324 e. The molecule has 8 heteroatoms. The Hall–Kier alpha value is -2.48. The summed E-state index contributed by atoms with van der Waals surface area (Å²) in [5.74, 6) is 0. The summed E-state index contributed by atoms with van der Waals surface area (Å²) < 4.78 is 0. The molecule has 0 saturated heterocycles. The first kappa shape index (κ1) is 13.9. The van der Waals surface area contributed by atoms with E-state index in [9.17, 15) is 20.2 Å². The maximum absolute atomic E-state index is 10.8. The van der Waals surface area contributed by atoms with Gasteiger partial charge >= 0.3 is 5.00 Å². The second-order valence-electron chi connectivity index (χ2n) is 4.06. The molecule has 20 heavy (non-hydrogen) atoms. The van der Waals surface area contributed by atoms with Crippen LogP contribution in [0, 0.1) is 27.2 Å². The van der Waals surface area contributed by atoms with E-state index in [2.05, 4.69) is 5.32 Å². The number of nitrogens with one attached hydrogen (secondary N) is 1. The standard InChI is InChI=1S/C12H11N3O4S/c1-8-10(3-2-4-11(8)14(16)17)13-7-9-5-6-12(20-9)15(18)19/h2-6,13H,7H2,1H3. The smallest absolute Gasteiger partial charge is 0.324 e. The third-order valence-corrected chi connectivity index (χ3v) is 3.82. The lowest BCUT2D eigenvalue weighted by molar-refractivity contribution is -0.385. The van der Waals surface area contributed by atoms with Gasteiger partial charge in [-0.2, -0.15) is 0 Å². The lowest BCUT2D eigenvalue weighted by Crippen LogP contribution is -2.01. The van der Waals surface area contributed by atoms with Gasteiger partial charge in [-0.1, -0.05) is 17.4 Å². The average molecular weight is 293 g/mol. The predicted octanol–water partition coefficient (Wildman–Crippen LogP) is 3.49. The van der Waals surface area contributed by atoms with E-state index in [0.29, 0.717) is 17.8 Å². The normalized spacial score (nSPS) is 10.2. The fraction of sp³-hybridized carbons (Fsp3) is 0.167. The van der Waals surface area contributed by atoms with Gasteiger partial charge in [0.05, 0.1) is 9.85 Å². The van der Waals surface area contributed by atoms with Crippen LogP contribution in [0.15, 0.2) is 30.3 Å². The Morgan fingerprint density at radius 1 is 1.15 bits per heavy atom. The van der Waals surface area contributed by atoms with Gasteiger partial charge in [-0.3, -0.25) is 20.2 Å². The van der Waals surface area contributed by atoms with Gasteiger partial charge in [0, 0.05) is 34.8 Å². The highest BCUT2D eigenvalue weighted by atomic mass is 32.1. The summed E-state index contributed by atoms with van der Waals surface area (Å²) in [5, 5.41) is 24.6. The highest BCUT2D eigenvalue weighted by Crippen LogP contribution is 2.28. The van der Waals surface area contributed by atoms with Crippen LogP contribution >= 0.6 is 11.3 Å². The van der Waals surface area contributed by atoms with E-state index in [0.717, 1.165) is 16.2 Å². The van der Waals surface area contributed by atoms with Crippen LogP contribution in [0.5, 0.6) is 0 Å². The summed E-state index contributed by atoms with van der Waals surface area (Å²) in [6, 6.07) is 7.90. The number of nitro groups is 2. The largest absolute Gasteiger partial charge is 0.380 e. The van der Waals surface area contributed by atoms with Crippen molar-refractivity contribution in [1.29, 1.82) is 0 Å². The van der Waals surface area contributed by atoms with E-state index in [1.165, 1.54) is 12.1 Å². The summed E-state index contributed by atoms with van der Waals surface area (Å²) in [5.41, 5.74) is 1.24. The van der Waals surface area contributed by atoms with E-state index < -0.39 is 9.85 Å². The zero-order valence-electron chi connectivity index (χ0n) is 10.5. The quantitative estimate of drug-likeness (QED) is 0.672. The molecule has 2 rings (SSSR count). The molecule has 2 aromatic rings. The first-order chi connectivity index (χ1) is 9.49. The van der Waals surface area contributed by atoms with E-state index in [1.54, 1.807) is 25.1 Å². The van der Waals surface area contributed by atoms with Crippen molar-refractivity contribution < 1.29 is 9.85 Å². The van der Waals surface area contributed by atoms with Crippen molar-refractivity contribution in [2.24, 2.45) is 0 Å². The first-order valence-corrected chi connectivity index (χ1v) is 6.51. The molecule has 0 aliphatic rings. The number of hydrogen-bond donors (Lipinski definition) is 1. The molecular formula is C12H11N3O4S. The number of thiophene rings is 1. The SMILES string of the molecule is Cc1c(NCc2ccc([N+](=O)[O-])s2)cccc1[N+](=O)[O-]. The topological polar surface area (TPSA) is 98.3 Å². The van der Waals surface area contributed by atoms with Gasteiger partial charge in [-0.15, -0.1) is 0 Å². The Morgan fingerprint density at radius 3 is 2.50 bits per heavy atom. The van der Waals surface area contributed by atoms with Crippen LogP contribution in [0.4, 0.5) is 16.4 Å². The fourth-order valence-corrected chi connectivity index (χ4v) is 2.51. The molecule has 0 fully saturated rings. The van der Waals surface area contributed by atoms with Gasteiger partial charge in [0.15, 0.2) is 0 Å². The minimum atomic E-state index is -0.438. The number of nitro benzene ring substituents is 1. The molecule has 0 radical (unpaired) electrons. The van der Waals surface area contributed by atoms with Crippen molar-refractivity contribution in [2.45, 2.75) is 13.5 Å². The van der Waals surface area contributed by atoms with E-state index >= 15 is 0 Å². The van der Waals surface area contributed by atoms with Gasteiger partial charge in [-0.25, -0.2) is 0 Å².